The molecule has 10 heteroatoms. The fourth-order valence-electron chi connectivity index (χ4n) is 6.77. The predicted octanol–water partition coefficient (Wildman–Crippen LogP) is 5.23. The van der Waals surface area contributed by atoms with Gasteiger partial charge in [-0.1, -0.05) is 24.1 Å². The predicted molar refractivity (Wildman–Crippen MR) is 171 cm³/mol. The highest BCUT2D eigenvalue weighted by Gasteiger charge is 2.49. The van der Waals surface area contributed by atoms with Crippen molar-refractivity contribution in [2.24, 2.45) is 0 Å². The van der Waals surface area contributed by atoms with Crippen molar-refractivity contribution >= 4 is 27.5 Å². The molecule has 9 nitrogen and oxygen atoms in total. The Hall–Kier alpha value is -5.01. The maximum absolute atomic E-state index is 14.4. The number of benzene rings is 2. The van der Waals surface area contributed by atoms with E-state index in [1.807, 2.05) is 43.3 Å². The SMILES string of the molecule is Cc1c(-c2cc(O)cc3cccc(C#Cc4ccccn4)c23)oc(=O)c2c(N(C)C)nc(OC[C@@]34CCCN3CC(F)C4)nc12. The van der Waals surface area contributed by atoms with Crippen LogP contribution in [0.4, 0.5) is 10.2 Å². The standard InChI is InChI=1S/C35H32FN5O4/c1-21-30-29(32(40(2)3)39-34(38-30)44-20-35-13-7-15-41(35)19-24(36)18-35)33(43)45-31(21)27-17-26(42)16-23-9-6-8-22(28(23)27)11-12-25-10-4-5-14-37-25/h4-6,8-10,14,16-17,24,42H,7,13,15,18-20H2,1-3H3/t24?,35-/m0/s1. The number of hydrogen-bond acceptors (Lipinski definition) is 9. The zero-order chi connectivity index (χ0) is 31.3. The molecule has 2 aliphatic rings. The Kier molecular flexibility index (Phi) is 7.13. The van der Waals surface area contributed by atoms with Gasteiger partial charge in [-0.25, -0.2) is 14.2 Å². The molecule has 5 heterocycles. The van der Waals surface area contributed by atoms with Crippen LogP contribution >= 0.6 is 0 Å². The number of ether oxygens (including phenoxy) is 1. The summed E-state index contributed by atoms with van der Waals surface area (Å²) in [4.78, 5) is 31.2. The second-order valence-corrected chi connectivity index (χ2v) is 12.0. The third-order valence-corrected chi connectivity index (χ3v) is 8.81. The van der Waals surface area contributed by atoms with Crippen LogP contribution in [0.5, 0.6) is 11.8 Å². The van der Waals surface area contributed by atoms with Crippen molar-refractivity contribution < 1.29 is 18.7 Å². The van der Waals surface area contributed by atoms with E-state index in [-0.39, 0.29) is 35.1 Å². The van der Waals surface area contributed by atoms with Crippen LogP contribution in [0.15, 0.2) is 63.9 Å². The molecule has 2 fully saturated rings. The number of anilines is 1. The first kappa shape index (κ1) is 28.7. The van der Waals surface area contributed by atoms with Crippen LogP contribution in [0, 0.1) is 18.8 Å². The van der Waals surface area contributed by atoms with E-state index in [0.29, 0.717) is 52.1 Å². The molecule has 45 heavy (non-hydrogen) atoms. The lowest BCUT2D eigenvalue weighted by Crippen LogP contribution is -2.43. The van der Waals surface area contributed by atoms with Gasteiger partial charge >= 0.3 is 11.6 Å². The number of pyridine rings is 1. The van der Waals surface area contributed by atoms with Crippen LogP contribution in [0.2, 0.25) is 0 Å². The van der Waals surface area contributed by atoms with Crippen LogP contribution in [-0.2, 0) is 0 Å². The van der Waals surface area contributed by atoms with Crippen LogP contribution in [0.1, 0.15) is 36.1 Å². The van der Waals surface area contributed by atoms with Gasteiger partial charge in [0.1, 0.15) is 35.4 Å². The van der Waals surface area contributed by atoms with E-state index < -0.39 is 11.8 Å². The summed E-state index contributed by atoms with van der Waals surface area (Å²) in [6.07, 6.45) is 3.07. The number of halogens is 1. The average molecular weight is 606 g/mol. The molecule has 1 unspecified atom stereocenters. The third kappa shape index (κ3) is 5.13. The summed E-state index contributed by atoms with van der Waals surface area (Å²) in [5, 5.41) is 12.4. The summed E-state index contributed by atoms with van der Waals surface area (Å²) in [7, 11) is 3.57. The lowest BCUT2D eigenvalue weighted by molar-refractivity contribution is 0.107. The van der Waals surface area contributed by atoms with Gasteiger partial charge in [-0.05, 0) is 67.9 Å². The largest absolute Gasteiger partial charge is 0.508 e. The number of phenols is 1. The molecule has 2 aliphatic heterocycles. The number of aromatic hydroxyl groups is 1. The highest BCUT2D eigenvalue weighted by atomic mass is 19.1. The van der Waals surface area contributed by atoms with Gasteiger partial charge in [0.25, 0.3) is 0 Å². The van der Waals surface area contributed by atoms with E-state index in [1.165, 1.54) is 0 Å². The average Bonchev–Trinajstić information content (AvgIpc) is 3.55. The van der Waals surface area contributed by atoms with Gasteiger partial charge in [0.2, 0.25) is 0 Å². The molecule has 0 spiro atoms. The van der Waals surface area contributed by atoms with Crippen molar-refractivity contribution in [2.45, 2.75) is 37.9 Å². The van der Waals surface area contributed by atoms with E-state index in [2.05, 4.69) is 26.7 Å². The first-order valence-electron chi connectivity index (χ1n) is 15.0. The van der Waals surface area contributed by atoms with Crippen molar-refractivity contribution in [2.75, 3.05) is 38.7 Å². The zero-order valence-electron chi connectivity index (χ0n) is 25.3. The second-order valence-electron chi connectivity index (χ2n) is 12.0. The summed E-state index contributed by atoms with van der Waals surface area (Å²) >= 11 is 0. The Morgan fingerprint density at radius 1 is 1.16 bits per heavy atom. The maximum Gasteiger partial charge on any atom is 0.349 e. The monoisotopic (exact) mass is 605 g/mol. The molecule has 228 valence electrons. The first-order chi connectivity index (χ1) is 21.7. The summed E-state index contributed by atoms with van der Waals surface area (Å²) in [6.45, 7) is 3.34. The number of hydrogen-bond donors (Lipinski definition) is 1. The van der Waals surface area contributed by atoms with Crippen LogP contribution < -0.4 is 15.3 Å². The fraction of sp³-hybridized carbons (Fsp3) is 0.314. The maximum atomic E-state index is 14.4. The number of rotatable bonds is 5. The van der Waals surface area contributed by atoms with Gasteiger partial charge < -0.3 is 19.2 Å². The minimum absolute atomic E-state index is 0.0123. The third-order valence-electron chi connectivity index (χ3n) is 8.81. The number of phenolic OH excluding ortho intramolecular Hbond substituents is 1. The molecular weight excluding hydrogens is 573 g/mol. The molecule has 2 aromatic carbocycles. The van der Waals surface area contributed by atoms with Crippen LogP contribution in [-0.4, -0.2) is 70.5 Å². The topological polar surface area (TPSA) is 105 Å². The Balaban J connectivity index is 1.38. The second kappa shape index (κ2) is 11.2. The molecule has 0 bridgehead atoms. The highest BCUT2D eigenvalue weighted by Crippen LogP contribution is 2.41. The van der Waals surface area contributed by atoms with Gasteiger partial charge in [-0.3, -0.25) is 4.90 Å². The van der Waals surface area contributed by atoms with Crippen molar-refractivity contribution in [1.82, 2.24) is 19.9 Å². The molecule has 0 radical (unpaired) electrons. The van der Waals surface area contributed by atoms with Gasteiger partial charge in [0.05, 0.1) is 11.1 Å². The molecule has 0 aliphatic carbocycles. The van der Waals surface area contributed by atoms with Gasteiger partial charge in [-0.2, -0.15) is 9.97 Å². The Bertz CT molecular complexity index is 2070. The molecule has 7 rings (SSSR count). The molecule has 1 N–H and O–H groups in total. The molecule has 3 aromatic heterocycles. The Labute approximate surface area is 259 Å². The van der Waals surface area contributed by atoms with Crippen molar-refractivity contribution in [3.63, 3.8) is 0 Å². The van der Waals surface area contributed by atoms with Crippen LogP contribution in [0.25, 0.3) is 33.0 Å². The summed E-state index contributed by atoms with van der Waals surface area (Å²) in [6, 6.07) is 14.4. The van der Waals surface area contributed by atoms with E-state index in [1.54, 1.807) is 37.3 Å². The number of fused-ring (bicyclic) bond motifs is 3. The van der Waals surface area contributed by atoms with Crippen molar-refractivity contribution in [3.8, 4) is 34.9 Å². The lowest BCUT2D eigenvalue weighted by Gasteiger charge is -2.30. The number of alkyl halides is 1. The highest BCUT2D eigenvalue weighted by molar-refractivity contribution is 6.03. The van der Waals surface area contributed by atoms with E-state index in [0.717, 1.165) is 24.8 Å². The van der Waals surface area contributed by atoms with Gasteiger partial charge in [0.15, 0.2) is 5.82 Å². The zero-order valence-corrected chi connectivity index (χ0v) is 25.3. The quantitative estimate of drug-likeness (QED) is 0.270. The molecule has 2 atom stereocenters. The van der Waals surface area contributed by atoms with E-state index in [4.69, 9.17) is 14.1 Å². The van der Waals surface area contributed by atoms with Gasteiger partial charge in [-0.15, -0.1) is 0 Å². The fourth-order valence-corrected chi connectivity index (χ4v) is 6.77. The summed E-state index contributed by atoms with van der Waals surface area (Å²) in [5.41, 5.74) is 1.75. The normalized spacial score (nSPS) is 19.4. The Morgan fingerprint density at radius 3 is 2.82 bits per heavy atom. The number of aryl methyl sites for hydroxylation is 1. The first-order valence-corrected chi connectivity index (χ1v) is 15.0. The Morgan fingerprint density at radius 2 is 2.02 bits per heavy atom. The summed E-state index contributed by atoms with van der Waals surface area (Å²) in [5.74, 6) is 6.93. The van der Waals surface area contributed by atoms with Gasteiger partial charge in [0, 0.05) is 55.3 Å². The number of aromatic nitrogens is 3. The minimum Gasteiger partial charge on any atom is -0.508 e. The van der Waals surface area contributed by atoms with Crippen molar-refractivity contribution in [3.05, 3.63) is 82.0 Å². The molecular formula is C35H32FN5O4. The lowest BCUT2D eigenvalue weighted by atomic mass is 9.95. The van der Waals surface area contributed by atoms with Crippen molar-refractivity contribution in [1.29, 1.82) is 0 Å². The molecule has 0 amide bonds. The minimum atomic E-state index is -0.881. The summed E-state index contributed by atoms with van der Waals surface area (Å²) < 4.78 is 26.6. The molecule has 5 aromatic rings. The van der Waals surface area contributed by atoms with E-state index >= 15 is 0 Å². The smallest absolute Gasteiger partial charge is 0.349 e. The number of nitrogens with zero attached hydrogens (tertiary/aromatic N) is 5. The molecule has 0 saturated carbocycles. The van der Waals surface area contributed by atoms with E-state index in [9.17, 15) is 14.3 Å². The van der Waals surface area contributed by atoms with Crippen LogP contribution in [0.3, 0.4) is 0 Å². The molecule has 2 saturated heterocycles.